The van der Waals surface area contributed by atoms with Gasteiger partial charge >= 0.3 is 6.18 Å². The van der Waals surface area contributed by atoms with Crippen molar-refractivity contribution in [3.8, 4) is 5.75 Å². The first-order valence-corrected chi connectivity index (χ1v) is 5.62. The molecule has 0 aromatic heterocycles. The number of rotatable bonds is 6. The van der Waals surface area contributed by atoms with Crippen molar-refractivity contribution in [3.63, 3.8) is 0 Å². The molecule has 2 N–H and O–H groups in total. The van der Waals surface area contributed by atoms with E-state index in [0.29, 0.717) is 5.56 Å². The maximum atomic E-state index is 13.5. The molecule has 0 unspecified atom stereocenters. The van der Waals surface area contributed by atoms with E-state index < -0.39 is 24.6 Å². The molecule has 0 radical (unpaired) electrons. The van der Waals surface area contributed by atoms with Gasteiger partial charge in [-0.2, -0.15) is 13.2 Å². The van der Waals surface area contributed by atoms with Crippen molar-refractivity contribution < 1.29 is 27.0 Å². The van der Waals surface area contributed by atoms with E-state index in [1.54, 1.807) is 6.92 Å². The molecule has 1 rings (SSSR count). The van der Waals surface area contributed by atoms with E-state index in [4.69, 9.17) is 10.5 Å². The van der Waals surface area contributed by atoms with E-state index in [0.717, 1.165) is 6.07 Å². The summed E-state index contributed by atoms with van der Waals surface area (Å²) in [5, 5.41) is 0. The maximum Gasteiger partial charge on any atom is 0.411 e. The van der Waals surface area contributed by atoms with Crippen LogP contribution >= 0.6 is 0 Å². The quantitative estimate of drug-likeness (QED) is 0.644. The van der Waals surface area contributed by atoms with Crippen molar-refractivity contribution in [2.45, 2.75) is 19.1 Å². The van der Waals surface area contributed by atoms with Crippen molar-refractivity contribution in [3.05, 3.63) is 29.6 Å². The van der Waals surface area contributed by atoms with Crippen molar-refractivity contribution >= 4 is 0 Å². The van der Waals surface area contributed by atoms with E-state index >= 15 is 0 Å². The van der Waals surface area contributed by atoms with Gasteiger partial charge in [0.25, 0.3) is 0 Å². The Morgan fingerprint density at radius 3 is 2.47 bits per heavy atom. The van der Waals surface area contributed by atoms with Crippen molar-refractivity contribution in [2.75, 3.05) is 19.8 Å². The summed E-state index contributed by atoms with van der Waals surface area (Å²) in [4.78, 5) is 0. The van der Waals surface area contributed by atoms with Gasteiger partial charge in [0.1, 0.15) is 24.8 Å². The van der Waals surface area contributed by atoms with Crippen LogP contribution in [0.4, 0.5) is 17.6 Å². The lowest BCUT2D eigenvalue weighted by Crippen LogP contribution is -2.19. The summed E-state index contributed by atoms with van der Waals surface area (Å²) < 4.78 is 58.2. The molecule has 0 spiro atoms. The average Bonchev–Trinajstić information content (AvgIpc) is 2.26. The van der Waals surface area contributed by atoms with Crippen molar-refractivity contribution in [2.24, 2.45) is 5.73 Å². The molecule has 7 heteroatoms. The van der Waals surface area contributed by atoms with Gasteiger partial charge in [-0.05, 0) is 13.0 Å². The number of hydrogen-bond donors (Lipinski definition) is 1. The standard InChI is InChI=1S/C12H15F4NO2/c1-8(17)10-3-2-9(6-11(10)13)19-5-4-18-7-12(14,15)16/h2-3,6,8H,4-5,7,17H2,1H3/t8-/m0/s1. The van der Waals surface area contributed by atoms with Gasteiger partial charge in [0.05, 0.1) is 6.61 Å². The highest BCUT2D eigenvalue weighted by Gasteiger charge is 2.27. The third-order valence-corrected chi connectivity index (χ3v) is 2.22. The average molecular weight is 281 g/mol. The number of nitrogens with two attached hydrogens (primary N) is 1. The maximum absolute atomic E-state index is 13.5. The highest BCUT2D eigenvalue weighted by Crippen LogP contribution is 2.20. The Morgan fingerprint density at radius 1 is 1.26 bits per heavy atom. The Kier molecular flexibility index (Phi) is 5.56. The number of ether oxygens (including phenoxy) is 2. The molecular formula is C12H15F4NO2. The Bertz CT molecular complexity index is 407. The first-order valence-electron chi connectivity index (χ1n) is 5.62. The summed E-state index contributed by atoms with van der Waals surface area (Å²) in [5.41, 5.74) is 5.89. The third-order valence-electron chi connectivity index (χ3n) is 2.22. The van der Waals surface area contributed by atoms with Crippen molar-refractivity contribution in [1.82, 2.24) is 0 Å². The zero-order valence-electron chi connectivity index (χ0n) is 10.3. The van der Waals surface area contributed by atoms with Crippen LogP contribution in [0.5, 0.6) is 5.75 Å². The SMILES string of the molecule is C[C@H](N)c1ccc(OCCOCC(F)(F)F)cc1F. The Labute approximate surface area is 108 Å². The predicted octanol–water partition coefficient (Wildman–Crippen LogP) is 2.80. The van der Waals surface area contributed by atoms with Gasteiger partial charge in [0.15, 0.2) is 0 Å². The van der Waals surface area contributed by atoms with Gasteiger partial charge in [-0.3, -0.25) is 0 Å². The molecule has 108 valence electrons. The molecule has 0 fully saturated rings. The zero-order valence-corrected chi connectivity index (χ0v) is 10.3. The minimum atomic E-state index is -4.36. The summed E-state index contributed by atoms with van der Waals surface area (Å²) >= 11 is 0. The molecule has 3 nitrogen and oxygen atoms in total. The molecule has 1 aromatic rings. The summed E-state index contributed by atoms with van der Waals surface area (Å²) in [6.07, 6.45) is -4.36. The van der Waals surface area contributed by atoms with E-state index in [-0.39, 0.29) is 19.0 Å². The Hall–Kier alpha value is -1.34. The highest BCUT2D eigenvalue weighted by molar-refractivity contribution is 5.30. The zero-order chi connectivity index (χ0) is 14.5. The minimum Gasteiger partial charge on any atom is -0.491 e. The largest absolute Gasteiger partial charge is 0.491 e. The van der Waals surface area contributed by atoms with E-state index in [1.807, 2.05) is 0 Å². The van der Waals surface area contributed by atoms with Gasteiger partial charge in [-0.1, -0.05) is 6.07 Å². The van der Waals surface area contributed by atoms with E-state index in [2.05, 4.69) is 4.74 Å². The molecule has 0 aliphatic carbocycles. The number of hydrogen-bond acceptors (Lipinski definition) is 3. The lowest BCUT2D eigenvalue weighted by molar-refractivity contribution is -0.175. The molecule has 0 saturated heterocycles. The molecule has 0 saturated carbocycles. The lowest BCUT2D eigenvalue weighted by atomic mass is 10.1. The highest BCUT2D eigenvalue weighted by atomic mass is 19.4. The minimum absolute atomic E-state index is 0.0902. The molecule has 1 atom stereocenters. The first-order chi connectivity index (χ1) is 8.79. The normalized spacial score (nSPS) is 13.4. The predicted molar refractivity (Wildman–Crippen MR) is 61.4 cm³/mol. The van der Waals surface area contributed by atoms with Crippen LogP contribution in [0.25, 0.3) is 0 Å². The Morgan fingerprint density at radius 2 is 1.95 bits per heavy atom. The van der Waals surface area contributed by atoms with Gasteiger partial charge in [0, 0.05) is 17.7 Å². The van der Waals surface area contributed by atoms with Gasteiger partial charge in [-0.15, -0.1) is 0 Å². The molecule has 0 amide bonds. The summed E-state index contributed by atoms with van der Waals surface area (Å²) in [7, 11) is 0. The molecule has 0 heterocycles. The molecule has 0 aliphatic heterocycles. The van der Waals surface area contributed by atoms with E-state index in [1.165, 1.54) is 12.1 Å². The summed E-state index contributed by atoms with van der Waals surface area (Å²) in [6.45, 7) is 0.00147. The van der Waals surface area contributed by atoms with Crippen LogP contribution < -0.4 is 10.5 Å². The smallest absolute Gasteiger partial charge is 0.411 e. The number of alkyl halides is 3. The fourth-order valence-electron chi connectivity index (χ4n) is 1.37. The first kappa shape index (κ1) is 15.7. The second kappa shape index (κ2) is 6.72. The van der Waals surface area contributed by atoms with E-state index in [9.17, 15) is 17.6 Å². The van der Waals surface area contributed by atoms with Gasteiger partial charge < -0.3 is 15.2 Å². The van der Waals surface area contributed by atoms with Crippen LogP contribution in [-0.2, 0) is 4.74 Å². The summed E-state index contributed by atoms with van der Waals surface area (Å²) in [5.74, 6) is -0.291. The van der Waals surface area contributed by atoms with Crippen LogP contribution in [-0.4, -0.2) is 26.0 Å². The second-order valence-corrected chi connectivity index (χ2v) is 3.99. The monoisotopic (exact) mass is 281 g/mol. The Balaban J connectivity index is 2.36. The topological polar surface area (TPSA) is 44.5 Å². The fourth-order valence-corrected chi connectivity index (χ4v) is 1.37. The number of benzene rings is 1. The van der Waals surface area contributed by atoms with Crippen LogP contribution in [0, 0.1) is 5.82 Å². The number of halogens is 4. The lowest BCUT2D eigenvalue weighted by Gasteiger charge is -2.11. The van der Waals surface area contributed by atoms with Crippen LogP contribution in [0.2, 0.25) is 0 Å². The molecule has 1 aromatic carbocycles. The fraction of sp³-hybridized carbons (Fsp3) is 0.500. The van der Waals surface area contributed by atoms with Gasteiger partial charge in [0.2, 0.25) is 0 Å². The molecule has 0 bridgehead atoms. The molecule has 0 aliphatic rings. The van der Waals surface area contributed by atoms with Gasteiger partial charge in [-0.25, -0.2) is 4.39 Å². The summed E-state index contributed by atoms with van der Waals surface area (Å²) in [6, 6.07) is 3.68. The third kappa shape index (κ3) is 5.89. The second-order valence-electron chi connectivity index (χ2n) is 3.99. The molecule has 19 heavy (non-hydrogen) atoms. The molecular weight excluding hydrogens is 266 g/mol. The van der Waals surface area contributed by atoms with Crippen LogP contribution in [0.15, 0.2) is 18.2 Å². The van der Waals surface area contributed by atoms with Crippen LogP contribution in [0.3, 0.4) is 0 Å². The van der Waals surface area contributed by atoms with Crippen molar-refractivity contribution in [1.29, 1.82) is 0 Å². The van der Waals surface area contributed by atoms with Crippen LogP contribution in [0.1, 0.15) is 18.5 Å².